The number of aromatic amines is 1. The van der Waals surface area contributed by atoms with Gasteiger partial charge in [-0.2, -0.15) is 0 Å². The van der Waals surface area contributed by atoms with Gasteiger partial charge in [-0.15, -0.1) is 0 Å². The van der Waals surface area contributed by atoms with Gasteiger partial charge in [0.15, 0.2) is 0 Å². The van der Waals surface area contributed by atoms with Crippen LogP contribution in [-0.2, 0) is 0 Å². The molecular weight excluding hydrogens is 184 g/mol. The molecule has 0 amide bonds. The Morgan fingerprint density at radius 1 is 1.08 bits per heavy atom. The smallest absolute Gasteiger partial charge is 0.0571 e. The molecule has 0 saturated carbocycles. The molecule has 0 bridgehead atoms. The molecule has 3 N–H and O–H groups in total. The maximum Gasteiger partial charge on any atom is 0.0571 e. The van der Waals surface area contributed by atoms with E-state index in [4.69, 9.17) is 17.3 Å². The van der Waals surface area contributed by atoms with Crippen LogP contribution in [0.2, 0.25) is 5.02 Å². The summed E-state index contributed by atoms with van der Waals surface area (Å²) in [5.41, 5.74) is 8.38. The third-order valence-electron chi connectivity index (χ3n) is 1.94. The van der Waals surface area contributed by atoms with Gasteiger partial charge in [0.05, 0.1) is 5.69 Å². The summed E-state index contributed by atoms with van der Waals surface area (Å²) in [5, 5.41) is 0.716. The molecule has 0 atom stereocenters. The van der Waals surface area contributed by atoms with Crippen LogP contribution < -0.4 is 5.73 Å². The lowest BCUT2D eigenvalue weighted by Crippen LogP contribution is -1.84. The second-order valence-electron chi connectivity index (χ2n) is 2.80. The molecule has 13 heavy (non-hydrogen) atoms. The van der Waals surface area contributed by atoms with E-state index in [0.29, 0.717) is 10.7 Å². The molecule has 3 heteroatoms. The minimum atomic E-state index is 0.716. The number of rotatable bonds is 1. The minimum Gasteiger partial charge on any atom is -0.397 e. The molecule has 2 aromatic rings. The van der Waals surface area contributed by atoms with E-state index in [1.165, 1.54) is 0 Å². The molecule has 1 aromatic carbocycles. The monoisotopic (exact) mass is 192 g/mol. The van der Waals surface area contributed by atoms with Crippen molar-refractivity contribution in [2.45, 2.75) is 0 Å². The molecule has 0 aliphatic carbocycles. The Morgan fingerprint density at radius 2 is 1.85 bits per heavy atom. The summed E-state index contributed by atoms with van der Waals surface area (Å²) in [5.74, 6) is 0. The van der Waals surface area contributed by atoms with E-state index in [9.17, 15) is 0 Å². The van der Waals surface area contributed by atoms with E-state index in [-0.39, 0.29) is 0 Å². The fraction of sp³-hybridized carbons (Fsp3) is 0. The molecule has 66 valence electrons. The number of hydrogen-bond donors (Lipinski definition) is 2. The van der Waals surface area contributed by atoms with Crippen molar-refractivity contribution < 1.29 is 0 Å². The first kappa shape index (κ1) is 8.20. The van der Waals surface area contributed by atoms with Crippen LogP contribution in [0, 0.1) is 0 Å². The van der Waals surface area contributed by atoms with Crippen LogP contribution in [0.3, 0.4) is 0 Å². The predicted octanol–water partition coefficient (Wildman–Crippen LogP) is 2.92. The lowest BCUT2D eigenvalue weighted by molar-refractivity contribution is 1.41. The van der Waals surface area contributed by atoms with Crippen LogP contribution in [0.15, 0.2) is 36.7 Å². The van der Waals surface area contributed by atoms with Crippen molar-refractivity contribution in [1.82, 2.24) is 4.98 Å². The fourth-order valence-electron chi connectivity index (χ4n) is 1.29. The van der Waals surface area contributed by atoms with Crippen molar-refractivity contribution in [3.63, 3.8) is 0 Å². The number of nitrogen functional groups attached to an aromatic ring is 1. The standard InChI is InChI=1S/C10H9ClN2/c11-9-4-2-1-3-7(9)8-5-13-6-10(8)12/h1-6,13H,12H2. The lowest BCUT2D eigenvalue weighted by atomic mass is 10.1. The number of anilines is 1. The SMILES string of the molecule is Nc1c[nH]cc1-c1ccccc1Cl. The molecule has 1 aromatic heterocycles. The summed E-state index contributed by atoms with van der Waals surface area (Å²) in [6.07, 6.45) is 3.59. The second kappa shape index (κ2) is 3.15. The zero-order valence-electron chi connectivity index (χ0n) is 6.92. The maximum absolute atomic E-state index is 6.02. The van der Waals surface area contributed by atoms with E-state index in [0.717, 1.165) is 11.1 Å². The number of hydrogen-bond acceptors (Lipinski definition) is 1. The first-order valence-corrected chi connectivity index (χ1v) is 4.34. The lowest BCUT2D eigenvalue weighted by Gasteiger charge is -2.01. The summed E-state index contributed by atoms with van der Waals surface area (Å²) < 4.78 is 0. The van der Waals surface area contributed by atoms with E-state index in [1.54, 1.807) is 6.20 Å². The molecular formula is C10H9ClN2. The number of H-pyrrole nitrogens is 1. The number of nitrogens with one attached hydrogen (secondary N) is 1. The maximum atomic E-state index is 6.02. The third kappa shape index (κ3) is 1.40. The average molecular weight is 193 g/mol. The Hall–Kier alpha value is -1.41. The summed E-state index contributed by atoms with van der Waals surface area (Å²) >= 11 is 6.02. The van der Waals surface area contributed by atoms with Crippen LogP contribution in [-0.4, -0.2) is 4.98 Å². The van der Waals surface area contributed by atoms with Crippen molar-refractivity contribution in [1.29, 1.82) is 0 Å². The van der Waals surface area contributed by atoms with E-state index >= 15 is 0 Å². The predicted molar refractivity (Wildman–Crippen MR) is 55.7 cm³/mol. The van der Waals surface area contributed by atoms with Gasteiger partial charge in [-0.3, -0.25) is 0 Å². The molecule has 1 heterocycles. The van der Waals surface area contributed by atoms with Crippen molar-refractivity contribution in [2.24, 2.45) is 0 Å². The Bertz CT molecular complexity index is 420. The normalized spacial score (nSPS) is 10.2. The van der Waals surface area contributed by atoms with Gasteiger partial charge in [0.25, 0.3) is 0 Å². The highest BCUT2D eigenvalue weighted by atomic mass is 35.5. The Balaban J connectivity index is 2.59. The van der Waals surface area contributed by atoms with Crippen LogP contribution in [0.1, 0.15) is 0 Å². The van der Waals surface area contributed by atoms with Crippen molar-refractivity contribution in [3.8, 4) is 11.1 Å². The van der Waals surface area contributed by atoms with E-state index in [1.807, 2.05) is 30.5 Å². The van der Waals surface area contributed by atoms with Gasteiger partial charge >= 0.3 is 0 Å². The number of benzene rings is 1. The molecule has 0 spiro atoms. The number of halogens is 1. The van der Waals surface area contributed by atoms with E-state index in [2.05, 4.69) is 4.98 Å². The highest BCUT2D eigenvalue weighted by molar-refractivity contribution is 6.33. The van der Waals surface area contributed by atoms with Crippen molar-refractivity contribution >= 4 is 17.3 Å². The number of nitrogens with two attached hydrogens (primary N) is 1. The largest absolute Gasteiger partial charge is 0.397 e. The van der Waals surface area contributed by atoms with Gasteiger partial charge in [0, 0.05) is 28.5 Å². The van der Waals surface area contributed by atoms with Crippen LogP contribution in [0.25, 0.3) is 11.1 Å². The first-order valence-electron chi connectivity index (χ1n) is 3.96. The summed E-state index contributed by atoms with van der Waals surface area (Å²) in [7, 11) is 0. The summed E-state index contributed by atoms with van der Waals surface area (Å²) in [6.45, 7) is 0. The zero-order valence-corrected chi connectivity index (χ0v) is 7.68. The molecule has 2 rings (SSSR count). The Kier molecular flexibility index (Phi) is 1.99. The number of aromatic nitrogens is 1. The summed E-state index contributed by atoms with van der Waals surface area (Å²) in [4.78, 5) is 2.94. The molecule has 0 unspecified atom stereocenters. The second-order valence-corrected chi connectivity index (χ2v) is 3.21. The van der Waals surface area contributed by atoms with Gasteiger partial charge in [-0.1, -0.05) is 29.8 Å². The topological polar surface area (TPSA) is 41.8 Å². The summed E-state index contributed by atoms with van der Waals surface area (Å²) in [6, 6.07) is 7.63. The van der Waals surface area contributed by atoms with Crippen LogP contribution in [0.4, 0.5) is 5.69 Å². The van der Waals surface area contributed by atoms with Crippen LogP contribution in [0.5, 0.6) is 0 Å². The zero-order chi connectivity index (χ0) is 9.26. The van der Waals surface area contributed by atoms with E-state index < -0.39 is 0 Å². The van der Waals surface area contributed by atoms with Crippen molar-refractivity contribution in [2.75, 3.05) is 5.73 Å². The van der Waals surface area contributed by atoms with Gasteiger partial charge in [-0.25, -0.2) is 0 Å². The van der Waals surface area contributed by atoms with Crippen molar-refractivity contribution in [3.05, 3.63) is 41.7 Å². The highest BCUT2D eigenvalue weighted by Gasteiger charge is 2.05. The molecule has 0 saturated heterocycles. The highest BCUT2D eigenvalue weighted by Crippen LogP contribution is 2.31. The average Bonchev–Trinajstić information content (AvgIpc) is 2.52. The minimum absolute atomic E-state index is 0.716. The first-order chi connectivity index (χ1) is 6.29. The quantitative estimate of drug-likeness (QED) is 0.717. The molecule has 0 aliphatic heterocycles. The Morgan fingerprint density at radius 3 is 2.46 bits per heavy atom. The third-order valence-corrected chi connectivity index (χ3v) is 2.27. The van der Waals surface area contributed by atoms with Gasteiger partial charge in [-0.05, 0) is 6.07 Å². The van der Waals surface area contributed by atoms with Gasteiger partial charge in [0.2, 0.25) is 0 Å². The van der Waals surface area contributed by atoms with Gasteiger partial charge < -0.3 is 10.7 Å². The molecule has 0 radical (unpaired) electrons. The molecule has 0 fully saturated rings. The fourth-order valence-corrected chi connectivity index (χ4v) is 1.53. The van der Waals surface area contributed by atoms with Gasteiger partial charge in [0.1, 0.15) is 0 Å². The van der Waals surface area contributed by atoms with Crippen LogP contribution >= 0.6 is 11.6 Å². The Labute approximate surface area is 81.3 Å². The molecule has 0 aliphatic rings. The molecule has 2 nitrogen and oxygen atoms in total.